The molecule has 0 aliphatic carbocycles. The van der Waals surface area contributed by atoms with E-state index in [0.717, 1.165) is 32.0 Å². The third-order valence-electron chi connectivity index (χ3n) is 6.39. The van der Waals surface area contributed by atoms with Crippen molar-refractivity contribution in [3.63, 3.8) is 0 Å². The molecule has 0 saturated carbocycles. The van der Waals surface area contributed by atoms with Crippen LogP contribution in [0, 0.1) is 0 Å². The Balaban J connectivity index is 5.35. The van der Waals surface area contributed by atoms with Gasteiger partial charge in [-0.05, 0) is 49.1 Å². The Morgan fingerprint density at radius 3 is 1.79 bits per heavy atom. The summed E-state index contributed by atoms with van der Waals surface area (Å²) in [5.74, 6) is -0.0783. The Hall–Kier alpha value is -0.216. The van der Waals surface area contributed by atoms with Crippen molar-refractivity contribution in [1.29, 1.82) is 0 Å². The SMILES string of the molecule is CCOC(=O)CCN(CCCC[Si](C)(OC)OC)[Si](C(C)C)(C(C)C)C(C)C. The zero-order chi connectivity index (χ0) is 22.0. The number of esters is 1. The van der Waals surface area contributed by atoms with E-state index in [1.165, 1.54) is 0 Å². The van der Waals surface area contributed by atoms with Gasteiger partial charge in [0.1, 0.15) is 8.24 Å². The zero-order valence-corrected chi connectivity index (χ0v) is 22.3. The van der Waals surface area contributed by atoms with Crippen molar-refractivity contribution in [2.75, 3.05) is 33.9 Å². The molecule has 7 heteroatoms. The molecule has 0 saturated heterocycles. The van der Waals surface area contributed by atoms with Crippen LogP contribution in [0.5, 0.6) is 0 Å². The van der Waals surface area contributed by atoms with Gasteiger partial charge < -0.3 is 18.2 Å². The lowest BCUT2D eigenvalue weighted by Crippen LogP contribution is -2.60. The van der Waals surface area contributed by atoms with Gasteiger partial charge in [0.2, 0.25) is 0 Å². The molecule has 0 N–H and O–H groups in total. The molecule has 28 heavy (non-hydrogen) atoms. The fraction of sp³-hybridized carbons (Fsp3) is 0.952. The fourth-order valence-corrected chi connectivity index (χ4v) is 13.8. The number of ether oxygens (including phenoxy) is 1. The number of hydrogen-bond acceptors (Lipinski definition) is 5. The van der Waals surface area contributed by atoms with E-state index in [4.69, 9.17) is 13.6 Å². The van der Waals surface area contributed by atoms with E-state index in [0.29, 0.717) is 29.7 Å². The van der Waals surface area contributed by atoms with Crippen molar-refractivity contribution in [2.45, 2.75) is 96.9 Å². The highest BCUT2D eigenvalue weighted by molar-refractivity contribution is 6.81. The van der Waals surface area contributed by atoms with E-state index in [9.17, 15) is 4.79 Å². The normalized spacial score (nSPS) is 13.2. The van der Waals surface area contributed by atoms with Crippen molar-refractivity contribution in [3.8, 4) is 0 Å². The van der Waals surface area contributed by atoms with Crippen molar-refractivity contribution in [2.24, 2.45) is 0 Å². The summed E-state index contributed by atoms with van der Waals surface area (Å²) in [6.45, 7) is 20.6. The molecule has 0 amide bonds. The maximum absolute atomic E-state index is 12.1. The van der Waals surface area contributed by atoms with Gasteiger partial charge in [-0.15, -0.1) is 0 Å². The molecule has 0 aromatic rings. The van der Waals surface area contributed by atoms with Crippen LogP contribution >= 0.6 is 0 Å². The molecule has 0 atom stereocenters. The van der Waals surface area contributed by atoms with Gasteiger partial charge >= 0.3 is 14.5 Å². The van der Waals surface area contributed by atoms with Gasteiger partial charge in [-0.1, -0.05) is 48.0 Å². The van der Waals surface area contributed by atoms with E-state index >= 15 is 0 Å². The highest BCUT2D eigenvalue weighted by Crippen LogP contribution is 2.44. The molecule has 0 rings (SSSR count). The maximum atomic E-state index is 12.1. The summed E-state index contributed by atoms with van der Waals surface area (Å²) >= 11 is 0. The molecule has 0 spiro atoms. The lowest BCUT2D eigenvalue weighted by Gasteiger charge is -2.51. The van der Waals surface area contributed by atoms with E-state index in [1.807, 2.05) is 6.92 Å². The first kappa shape index (κ1) is 27.8. The second-order valence-electron chi connectivity index (χ2n) is 8.89. The molecule has 0 aliphatic rings. The molecular formula is C21H47NO4Si2. The van der Waals surface area contributed by atoms with Crippen molar-refractivity contribution in [1.82, 2.24) is 4.57 Å². The van der Waals surface area contributed by atoms with Gasteiger partial charge in [0.05, 0.1) is 13.0 Å². The Bertz CT molecular complexity index is 418. The highest BCUT2D eigenvalue weighted by Gasteiger charge is 2.47. The van der Waals surface area contributed by atoms with Gasteiger partial charge in [0.25, 0.3) is 0 Å². The molecule has 0 unspecified atom stereocenters. The van der Waals surface area contributed by atoms with Crippen molar-refractivity contribution >= 4 is 22.8 Å². The largest absolute Gasteiger partial charge is 0.466 e. The standard InChI is InChI=1S/C21H47NO4Si2/c1-11-26-21(23)14-16-22(15-12-13-17-27(10,24-8)25-9)28(18(2)3,19(4)5)20(6)7/h18-20H,11-17H2,1-10H3. The topological polar surface area (TPSA) is 48.0 Å². The number of nitrogens with zero attached hydrogens (tertiary/aromatic N) is 1. The highest BCUT2D eigenvalue weighted by atomic mass is 28.4. The molecule has 0 aliphatic heterocycles. The van der Waals surface area contributed by atoms with Crippen LogP contribution < -0.4 is 0 Å². The van der Waals surface area contributed by atoms with Crippen LogP contribution in [0.1, 0.15) is 67.7 Å². The molecule has 0 fully saturated rings. The van der Waals surface area contributed by atoms with Gasteiger partial charge in [-0.3, -0.25) is 4.79 Å². The summed E-state index contributed by atoms with van der Waals surface area (Å²) in [6, 6.07) is 1.01. The Morgan fingerprint density at radius 2 is 1.39 bits per heavy atom. The number of rotatable bonds is 15. The zero-order valence-electron chi connectivity index (χ0n) is 20.3. The summed E-state index contributed by atoms with van der Waals surface area (Å²) in [5.41, 5.74) is 1.90. The predicted octanol–water partition coefficient (Wildman–Crippen LogP) is 5.56. The average Bonchev–Trinajstić information content (AvgIpc) is 2.62. The lowest BCUT2D eigenvalue weighted by molar-refractivity contribution is -0.143. The van der Waals surface area contributed by atoms with Gasteiger partial charge in [0.15, 0.2) is 0 Å². The van der Waals surface area contributed by atoms with Crippen molar-refractivity contribution < 1.29 is 18.4 Å². The fourth-order valence-electron chi connectivity index (χ4n) is 5.09. The third-order valence-corrected chi connectivity index (χ3v) is 16.5. The Kier molecular flexibility index (Phi) is 13.1. The number of hydrogen-bond donors (Lipinski definition) is 0. The van der Waals surface area contributed by atoms with Crippen LogP contribution in [0.4, 0.5) is 0 Å². The Morgan fingerprint density at radius 1 is 0.893 bits per heavy atom. The Labute approximate surface area is 176 Å². The lowest BCUT2D eigenvalue weighted by atomic mass is 10.3. The predicted molar refractivity (Wildman–Crippen MR) is 124 cm³/mol. The van der Waals surface area contributed by atoms with Crippen LogP contribution in [0.25, 0.3) is 0 Å². The van der Waals surface area contributed by atoms with Gasteiger partial charge in [-0.2, -0.15) is 0 Å². The summed E-state index contributed by atoms with van der Waals surface area (Å²) in [6.07, 6.45) is 2.69. The van der Waals surface area contributed by atoms with E-state index in [-0.39, 0.29) is 5.97 Å². The molecule has 0 bridgehead atoms. The summed E-state index contributed by atoms with van der Waals surface area (Å²) in [4.78, 5) is 12.1. The first-order valence-electron chi connectivity index (χ1n) is 11.0. The molecule has 0 aromatic carbocycles. The van der Waals surface area contributed by atoms with E-state index < -0.39 is 16.8 Å². The smallest absolute Gasteiger partial charge is 0.334 e. The first-order valence-corrected chi connectivity index (χ1v) is 15.7. The number of carbonyl (C=O) groups is 1. The van der Waals surface area contributed by atoms with Gasteiger partial charge in [0, 0.05) is 20.8 Å². The molecule has 168 valence electrons. The molecule has 5 nitrogen and oxygen atoms in total. The van der Waals surface area contributed by atoms with Gasteiger partial charge in [-0.25, -0.2) is 0 Å². The molecule has 0 radical (unpaired) electrons. The number of unbranched alkanes of at least 4 members (excludes halogenated alkanes) is 1. The van der Waals surface area contributed by atoms with Crippen LogP contribution in [0.3, 0.4) is 0 Å². The van der Waals surface area contributed by atoms with Crippen LogP contribution in [0.15, 0.2) is 0 Å². The maximum Gasteiger partial charge on any atom is 0.334 e. The summed E-state index contributed by atoms with van der Waals surface area (Å²) in [5, 5.41) is 0. The quantitative estimate of drug-likeness (QED) is 0.192. The number of carbonyl (C=O) groups excluding carboxylic acids is 1. The summed E-state index contributed by atoms with van der Waals surface area (Å²) < 4.78 is 19.2. The molecule has 0 heterocycles. The first-order chi connectivity index (χ1) is 13.0. The summed E-state index contributed by atoms with van der Waals surface area (Å²) in [7, 11) is -0.275. The molecule has 0 aromatic heterocycles. The minimum absolute atomic E-state index is 0.0783. The van der Waals surface area contributed by atoms with Crippen molar-refractivity contribution in [3.05, 3.63) is 0 Å². The van der Waals surface area contributed by atoms with E-state index in [2.05, 4.69) is 52.7 Å². The van der Waals surface area contributed by atoms with Crippen LogP contribution in [0.2, 0.25) is 29.2 Å². The van der Waals surface area contributed by atoms with Crippen LogP contribution in [-0.4, -0.2) is 61.2 Å². The second-order valence-corrected chi connectivity index (χ2v) is 18.3. The minimum Gasteiger partial charge on any atom is -0.466 e. The second kappa shape index (κ2) is 13.2. The monoisotopic (exact) mass is 433 g/mol. The van der Waals surface area contributed by atoms with E-state index in [1.54, 1.807) is 14.2 Å². The average molecular weight is 434 g/mol. The minimum atomic E-state index is -2.01. The molecular weight excluding hydrogens is 386 g/mol. The van der Waals surface area contributed by atoms with Crippen LogP contribution in [-0.2, 0) is 18.4 Å². The third kappa shape index (κ3) is 7.56.